The average Bonchev–Trinajstić information content (AvgIpc) is 3.16. The predicted molar refractivity (Wildman–Crippen MR) is 132 cm³/mol. The monoisotopic (exact) mass is 477 g/mol. The molecule has 1 unspecified atom stereocenters. The lowest BCUT2D eigenvalue weighted by molar-refractivity contribution is 0.0225. The summed E-state index contributed by atoms with van der Waals surface area (Å²) in [5, 5.41) is 4.90. The lowest BCUT2D eigenvalue weighted by Crippen LogP contribution is -2.33. The molecule has 1 N–H and O–H groups in total. The number of halogens is 2. The van der Waals surface area contributed by atoms with E-state index in [0.29, 0.717) is 28.3 Å². The fraction of sp³-hybridized carbons (Fsp3) is 0.0333. The van der Waals surface area contributed by atoms with Crippen LogP contribution in [-0.4, -0.2) is 5.97 Å². The third kappa shape index (κ3) is 2.88. The van der Waals surface area contributed by atoms with E-state index < -0.39 is 23.2 Å². The van der Waals surface area contributed by atoms with Gasteiger partial charge in [0.25, 0.3) is 0 Å². The molecule has 2 heterocycles. The molecule has 2 aliphatic heterocycles. The molecule has 0 aliphatic carbocycles. The van der Waals surface area contributed by atoms with Gasteiger partial charge in [0.15, 0.2) is 5.60 Å². The summed E-state index contributed by atoms with van der Waals surface area (Å²) in [6.45, 7) is 0. The number of carbonyl (C=O) groups is 1. The first-order chi connectivity index (χ1) is 17.5. The van der Waals surface area contributed by atoms with E-state index in [0.717, 1.165) is 28.0 Å². The molecule has 5 aromatic carbocycles. The van der Waals surface area contributed by atoms with Crippen molar-refractivity contribution >= 4 is 28.1 Å². The molecule has 4 nitrogen and oxygen atoms in total. The highest BCUT2D eigenvalue weighted by Gasteiger charge is 2.53. The minimum atomic E-state index is -1.19. The number of rotatable bonds is 2. The lowest BCUT2D eigenvalue weighted by Gasteiger charge is -2.37. The molecule has 0 radical (unpaired) electrons. The van der Waals surface area contributed by atoms with Gasteiger partial charge in [-0.3, -0.25) is 0 Å². The number of carbonyl (C=O) groups excluding carboxylic acids is 1. The maximum Gasteiger partial charge on any atom is 0.340 e. The van der Waals surface area contributed by atoms with Crippen LogP contribution in [0.25, 0.3) is 10.8 Å². The van der Waals surface area contributed by atoms with Crippen LogP contribution in [0, 0.1) is 11.6 Å². The number of hydrogen-bond acceptors (Lipinski definition) is 4. The largest absolute Gasteiger partial charge is 0.456 e. The molecule has 1 spiro atoms. The van der Waals surface area contributed by atoms with Crippen LogP contribution < -0.4 is 10.1 Å². The molecule has 7 rings (SSSR count). The SMILES string of the molecule is O=C1OC2(c3ccc(Nc4cc(F)cc(F)c4)cc3Oc3c2ccc2ccccc32)c2ccccc21. The summed E-state index contributed by atoms with van der Waals surface area (Å²) >= 11 is 0. The Hall–Kier alpha value is -4.71. The van der Waals surface area contributed by atoms with Gasteiger partial charge in [0, 0.05) is 45.6 Å². The van der Waals surface area contributed by atoms with Gasteiger partial charge in [-0.25, -0.2) is 13.6 Å². The topological polar surface area (TPSA) is 47.6 Å². The zero-order valence-electron chi connectivity index (χ0n) is 18.7. The van der Waals surface area contributed by atoms with Crippen molar-refractivity contribution in [1.29, 1.82) is 0 Å². The van der Waals surface area contributed by atoms with Crippen LogP contribution in [-0.2, 0) is 10.3 Å². The van der Waals surface area contributed by atoms with Crippen LogP contribution in [0.15, 0.2) is 97.1 Å². The average molecular weight is 477 g/mol. The quantitative estimate of drug-likeness (QED) is 0.269. The minimum Gasteiger partial charge on any atom is -0.456 e. The van der Waals surface area contributed by atoms with Crippen LogP contribution in [0.1, 0.15) is 27.0 Å². The van der Waals surface area contributed by atoms with Crippen molar-refractivity contribution in [3.63, 3.8) is 0 Å². The van der Waals surface area contributed by atoms with Crippen molar-refractivity contribution < 1.29 is 23.0 Å². The number of fused-ring (bicyclic) bond motifs is 8. The summed E-state index contributed by atoms with van der Waals surface area (Å²) in [4.78, 5) is 13.0. The van der Waals surface area contributed by atoms with E-state index in [1.807, 2.05) is 60.7 Å². The summed E-state index contributed by atoms with van der Waals surface area (Å²) in [5.41, 5.74) is 2.28. The summed E-state index contributed by atoms with van der Waals surface area (Å²) in [5.74, 6) is -0.694. The van der Waals surface area contributed by atoms with E-state index in [1.165, 1.54) is 12.1 Å². The standard InChI is InChI=1S/C30H17F2NO3/c31-18-13-19(32)15-21(14-18)33-20-10-12-25-27(16-20)35-28-22-6-2-1-5-17(22)9-11-26(28)30(25)24-8-4-3-7-23(24)29(34)36-30/h1-16,33H. The van der Waals surface area contributed by atoms with Gasteiger partial charge in [0.2, 0.25) is 0 Å². The molecular formula is C30H17F2NO3. The highest BCUT2D eigenvalue weighted by molar-refractivity contribution is 5.99. The second kappa shape index (κ2) is 7.39. The van der Waals surface area contributed by atoms with Crippen molar-refractivity contribution in [2.45, 2.75) is 5.60 Å². The highest BCUT2D eigenvalue weighted by Crippen LogP contribution is 2.57. The minimum absolute atomic E-state index is 0.265. The predicted octanol–water partition coefficient (Wildman–Crippen LogP) is 7.43. The molecule has 36 heavy (non-hydrogen) atoms. The third-order valence-corrected chi connectivity index (χ3v) is 6.76. The fourth-order valence-electron chi connectivity index (χ4n) is 5.27. The Morgan fingerprint density at radius 1 is 0.694 bits per heavy atom. The first kappa shape index (κ1) is 20.6. The van der Waals surface area contributed by atoms with Crippen LogP contribution in [0.3, 0.4) is 0 Å². The number of anilines is 2. The van der Waals surface area contributed by atoms with E-state index in [4.69, 9.17) is 9.47 Å². The molecule has 174 valence electrons. The lowest BCUT2D eigenvalue weighted by atomic mass is 9.77. The van der Waals surface area contributed by atoms with Crippen molar-refractivity contribution in [2.75, 3.05) is 5.32 Å². The van der Waals surface area contributed by atoms with Crippen molar-refractivity contribution in [2.24, 2.45) is 0 Å². The number of ether oxygens (including phenoxy) is 2. The van der Waals surface area contributed by atoms with Crippen molar-refractivity contribution in [3.8, 4) is 11.5 Å². The van der Waals surface area contributed by atoms with Gasteiger partial charge >= 0.3 is 5.97 Å². The summed E-state index contributed by atoms with van der Waals surface area (Å²) in [6, 6.07) is 27.7. The molecule has 0 amide bonds. The van der Waals surface area contributed by atoms with E-state index in [-0.39, 0.29) is 5.69 Å². The number of nitrogens with one attached hydrogen (secondary N) is 1. The third-order valence-electron chi connectivity index (χ3n) is 6.76. The Morgan fingerprint density at radius 2 is 1.44 bits per heavy atom. The maximum atomic E-state index is 13.7. The van der Waals surface area contributed by atoms with Crippen molar-refractivity contribution in [1.82, 2.24) is 0 Å². The molecule has 0 bridgehead atoms. The molecule has 0 saturated carbocycles. The second-order valence-electron chi connectivity index (χ2n) is 8.88. The van der Waals surface area contributed by atoms with E-state index in [1.54, 1.807) is 18.2 Å². The summed E-state index contributed by atoms with van der Waals surface area (Å²) in [6.07, 6.45) is 0. The van der Waals surface area contributed by atoms with Gasteiger partial charge in [-0.15, -0.1) is 0 Å². The normalized spacial score (nSPS) is 17.2. The van der Waals surface area contributed by atoms with Crippen LogP contribution in [0.4, 0.5) is 20.2 Å². The Labute approximate surface area is 204 Å². The van der Waals surface area contributed by atoms with Crippen LogP contribution in [0.2, 0.25) is 0 Å². The fourth-order valence-corrected chi connectivity index (χ4v) is 5.27. The van der Waals surface area contributed by atoms with Gasteiger partial charge in [0.1, 0.15) is 23.1 Å². The molecule has 5 aromatic rings. The molecule has 0 saturated heterocycles. The van der Waals surface area contributed by atoms with Gasteiger partial charge in [-0.2, -0.15) is 0 Å². The Bertz CT molecular complexity index is 1710. The first-order valence-corrected chi connectivity index (χ1v) is 11.4. The highest BCUT2D eigenvalue weighted by atomic mass is 19.1. The van der Waals surface area contributed by atoms with E-state index in [9.17, 15) is 13.6 Å². The Kier molecular flexibility index (Phi) is 4.24. The number of benzene rings is 5. The second-order valence-corrected chi connectivity index (χ2v) is 8.88. The van der Waals surface area contributed by atoms with Gasteiger partial charge in [-0.05, 0) is 41.8 Å². The zero-order chi connectivity index (χ0) is 24.4. The molecule has 0 aromatic heterocycles. The summed E-state index contributed by atoms with van der Waals surface area (Å²) < 4.78 is 40.2. The zero-order valence-corrected chi connectivity index (χ0v) is 18.7. The Morgan fingerprint density at radius 3 is 2.31 bits per heavy atom. The number of esters is 1. The first-order valence-electron chi connectivity index (χ1n) is 11.4. The number of hydrogen-bond donors (Lipinski definition) is 1. The molecule has 2 aliphatic rings. The molecule has 0 fully saturated rings. The van der Waals surface area contributed by atoms with Crippen LogP contribution in [0.5, 0.6) is 11.5 Å². The van der Waals surface area contributed by atoms with E-state index in [2.05, 4.69) is 5.32 Å². The van der Waals surface area contributed by atoms with E-state index >= 15 is 0 Å². The van der Waals surface area contributed by atoms with Crippen molar-refractivity contribution in [3.05, 3.63) is 131 Å². The molecule has 1 atom stereocenters. The summed E-state index contributed by atoms with van der Waals surface area (Å²) in [7, 11) is 0. The van der Waals surface area contributed by atoms with Gasteiger partial charge < -0.3 is 14.8 Å². The smallest absolute Gasteiger partial charge is 0.340 e. The maximum absolute atomic E-state index is 13.7. The Balaban J connectivity index is 1.46. The van der Waals surface area contributed by atoms with Crippen LogP contribution >= 0.6 is 0 Å². The molecular weight excluding hydrogens is 460 g/mol. The van der Waals surface area contributed by atoms with Gasteiger partial charge in [-0.1, -0.05) is 48.5 Å². The van der Waals surface area contributed by atoms with Gasteiger partial charge in [0.05, 0.1) is 5.56 Å². The molecule has 6 heteroatoms.